The van der Waals surface area contributed by atoms with Crippen molar-refractivity contribution in [3.63, 3.8) is 0 Å². The van der Waals surface area contributed by atoms with Gasteiger partial charge in [0.1, 0.15) is 5.60 Å². The number of rotatable bonds is 1. The van der Waals surface area contributed by atoms with Crippen molar-refractivity contribution in [2.75, 3.05) is 0 Å². The average molecular weight is 319 g/mol. The van der Waals surface area contributed by atoms with Crippen LogP contribution < -0.4 is 0 Å². The van der Waals surface area contributed by atoms with Crippen molar-refractivity contribution in [2.45, 2.75) is 90.6 Å². The summed E-state index contributed by atoms with van der Waals surface area (Å²) in [6.45, 7) is 6.43. The number of aliphatic hydroxyl groups is 1. The number of carbonyl (C=O) groups is 1. The normalized spacial score (nSPS) is 55.7. The van der Waals surface area contributed by atoms with Crippen LogP contribution in [0.25, 0.3) is 0 Å². The maximum absolute atomic E-state index is 12.2. The third kappa shape index (κ3) is 1.94. The second-order valence-corrected chi connectivity index (χ2v) is 9.81. The van der Waals surface area contributed by atoms with Crippen LogP contribution in [0.15, 0.2) is 0 Å². The van der Waals surface area contributed by atoms with Gasteiger partial charge in [-0.3, -0.25) is 4.79 Å². The third-order valence-electron chi connectivity index (χ3n) is 9.32. The first kappa shape index (κ1) is 16.1. The van der Waals surface area contributed by atoms with Crippen LogP contribution >= 0.6 is 0 Å². The van der Waals surface area contributed by atoms with Crippen LogP contribution in [-0.4, -0.2) is 16.5 Å². The van der Waals surface area contributed by atoms with E-state index in [-0.39, 0.29) is 11.2 Å². The number of hydrogen-bond donors (Lipinski definition) is 1. The lowest BCUT2D eigenvalue weighted by Gasteiger charge is -2.61. The fourth-order valence-electron chi connectivity index (χ4n) is 7.89. The predicted octanol–water partition coefficient (Wildman–Crippen LogP) is 4.74. The summed E-state index contributed by atoms with van der Waals surface area (Å²) in [5.74, 6) is 3.11. The fourth-order valence-corrected chi connectivity index (χ4v) is 7.89. The SMILES string of the molecule is CC(=O)[C@]1(O)CC[C@H]2[C@@H]3CC[C@@H]4CCCC[C@]4(C)[C@H]3CC[C@@]21C. The van der Waals surface area contributed by atoms with Gasteiger partial charge in [-0.05, 0) is 87.4 Å². The molecule has 4 fully saturated rings. The molecule has 4 saturated carbocycles. The first-order valence-corrected chi connectivity index (χ1v) is 10.1. The lowest BCUT2D eigenvalue weighted by atomic mass is 9.44. The highest BCUT2D eigenvalue weighted by molar-refractivity contribution is 5.86. The molecule has 0 saturated heterocycles. The molecule has 23 heavy (non-hydrogen) atoms. The topological polar surface area (TPSA) is 37.3 Å². The Hall–Kier alpha value is -0.370. The quantitative estimate of drug-likeness (QED) is 0.758. The Morgan fingerprint density at radius 2 is 1.65 bits per heavy atom. The molecule has 0 amide bonds. The van der Waals surface area contributed by atoms with Crippen LogP contribution in [0.5, 0.6) is 0 Å². The molecule has 0 heterocycles. The zero-order valence-corrected chi connectivity index (χ0v) is 15.2. The lowest BCUT2D eigenvalue weighted by Crippen LogP contribution is -2.58. The van der Waals surface area contributed by atoms with Crippen molar-refractivity contribution >= 4 is 5.78 Å². The van der Waals surface area contributed by atoms with Gasteiger partial charge in [0.2, 0.25) is 0 Å². The molecule has 0 radical (unpaired) electrons. The molecule has 4 aliphatic rings. The van der Waals surface area contributed by atoms with Crippen molar-refractivity contribution in [3.8, 4) is 0 Å². The fraction of sp³-hybridized carbons (Fsp3) is 0.952. The highest BCUT2D eigenvalue weighted by Gasteiger charge is 2.65. The summed E-state index contributed by atoms with van der Waals surface area (Å²) < 4.78 is 0. The summed E-state index contributed by atoms with van der Waals surface area (Å²) in [6.07, 6.45) is 12.5. The molecule has 2 heteroatoms. The van der Waals surface area contributed by atoms with Crippen LogP contribution in [0.2, 0.25) is 0 Å². The van der Waals surface area contributed by atoms with Gasteiger partial charge in [0, 0.05) is 5.41 Å². The molecule has 0 unspecified atom stereocenters. The molecule has 0 aliphatic heterocycles. The third-order valence-corrected chi connectivity index (χ3v) is 9.32. The Kier molecular flexibility index (Phi) is 3.55. The van der Waals surface area contributed by atoms with E-state index in [0.29, 0.717) is 17.8 Å². The molecule has 4 aliphatic carbocycles. The smallest absolute Gasteiger partial charge is 0.161 e. The van der Waals surface area contributed by atoms with Gasteiger partial charge in [-0.2, -0.15) is 0 Å². The van der Waals surface area contributed by atoms with Crippen LogP contribution in [0.3, 0.4) is 0 Å². The van der Waals surface area contributed by atoms with Crippen LogP contribution in [0.1, 0.15) is 85.0 Å². The van der Waals surface area contributed by atoms with E-state index in [1.165, 1.54) is 44.9 Å². The summed E-state index contributed by atoms with van der Waals surface area (Å²) in [4.78, 5) is 12.2. The van der Waals surface area contributed by atoms with E-state index in [2.05, 4.69) is 13.8 Å². The minimum Gasteiger partial charge on any atom is -0.382 e. The maximum Gasteiger partial charge on any atom is 0.161 e. The second kappa shape index (κ2) is 5.07. The Balaban J connectivity index is 1.67. The van der Waals surface area contributed by atoms with E-state index in [1.54, 1.807) is 6.92 Å². The number of hydrogen-bond acceptors (Lipinski definition) is 2. The molecular weight excluding hydrogens is 284 g/mol. The summed E-state index contributed by atoms with van der Waals surface area (Å²) in [6, 6.07) is 0. The first-order valence-electron chi connectivity index (χ1n) is 10.1. The molecule has 0 bridgehead atoms. The predicted molar refractivity (Wildman–Crippen MR) is 92.0 cm³/mol. The van der Waals surface area contributed by atoms with E-state index >= 15 is 0 Å². The maximum atomic E-state index is 12.2. The molecule has 2 nitrogen and oxygen atoms in total. The van der Waals surface area contributed by atoms with Crippen molar-refractivity contribution < 1.29 is 9.90 Å². The molecule has 7 atom stereocenters. The Morgan fingerprint density at radius 3 is 2.39 bits per heavy atom. The number of fused-ring (bicyclic) bond motifs is 5. The molecular formula is C21H34O2. The van der Waals surface area contributed by atoms with Crippen molar-refractivity contribution in [2.24, 2.45) is 34.5 Å². The van der Waals surface area contributed by atoms with Crippen molar-refractivity contribution in [1.82, 2.24) is 0 Å². The van der Waals surface area contributed by atoms with Gasteiger partial charge < -0.3 is 5.11 Å². The van der Waals surface area contributed by atoms with Gasteiger partial charge in [0.25, 0.3) is 0 Å². The van der Waals surface area contributed by atoms with Crippen LogP contribution in [0, 0.1) is 34.5 Å². The summed E-state index contributed by atoms with van der Waals surface area (Å²) >= 11 is 0. The van der Waals surface area contributed by atoms with E-state index in [9.17, 15) is 9.90 Å². The number of carbonyl (C=O) groups excluding carboxylic acids is 1. The van der Waals surface area contributed by atoms with Gasteiger partial charge in [-0.1, -0.05) is 26.7 Å². The van der Waals surface area contributed by atoms with Gasteiger partial charge in [-0.15, -0.1) is 0 Å². The van der Waals surface area contributed by atoms with E-state index in [1.807, 2.05) is 0 Å². The first-order chi connectivity index (χ1) is 10.8. The molecule has 1 N–H and O–H groups in total. The van der Waals surface area contributed by atoms with E-state index < -0.39 is 5.60 Å². The highest BCUT2D eigenvalue weighted by atomic mass is 16.3. The zero-order chi connectivity index (χ0) is 16.5. The lowest BCUT2D eigenvalue weighted by molar-refractivity contribution is -0.167. The summed E-state index contributed by atoms with van der Waals surface area (Å²) in [7, 11) is 0. The second-order valence-electron chi connectivity index (χ2n) is 9.81. The molecule has 130 valence electrons. The highest BCUT2D eigenvalue weighted by Crippen LogP contribution is 2.68. The minimum atomic E-state index is -1.05. The van der Waals surface area contributed by atoms with Crippen LogP contribution in [-0.2, 0) is 4.79 Å². The van der Waals surface area contributed by atoms with E-state index in [4.69, 9.17) is 0 Å². The summed E-state index contributed by atoms with van der Waals surface area (Å²) in [5, 5.41) is 11.2. The standard InChI is InChI=1S/C21H34O2/c1-14(22)21(23)13-10-18-16-8-7-15-6-4-5-11-19(15,2)17(16)9-12-20(18,21)3/h15-18,23H,4-13H2,1-3H3/t15-,16+,17-,18-,19-,20-,21+/m0/s1. The Labute approximate surface area is 141 Å². The molecule has 4 rings (SSSR count). The minimum absolute atomic E-state index is 0.0125. The monoisotopic (exact) mass is 318 g/mol. The van der Waals surface area contributed by atoms with Crippen molar-refractivity contribution in [3.05, 3.63) is 0 Å². The Morgan fingerprint density at radius 1 is 0.913 bits per heavy atom. The molecule has 0 aromatic rings. The molecule has 0 aromatic carbocycles. The zero-order valence-electron chi connectivity index (χ0n) is 15.2. The van der Waals surface area contributed by atoms with Gasteiger partial charge in [0.05, 0.1) is 0 Å². The Bertz CT molecular complexity index is 514. The largest absolute Gasteiger partial charge is 0.382 e. The van der Waals surface area contributed by atoms with Gasteiger partial charge >= 0.3 is 0 Å². The summed E-state index contributed by atoms with van der Waals surface area (Å²) in [5.41, 5.74) is -0.676. The van der Waals surface area contributed by atoms with Crippen LogP contribution in [0.4, 0.5) is 0 Å². The average Bonchev–Trinajstić information content (AvgIpc) is 2.80. The van der Waals surface area contributed by atoms with Gasteiger partial charge in [-0.25, -0.2) is 0 Å². The molecule has 0 spiro atoms. The molecule has 0 aromatic heterocycles. The van der Waals surface area contributed by atoms with E-state index in [0.717, 1.165) is 30.6 Å². The van der Waals surface area contributed by atoms with Crippen molar-refractivity contribution in [1.29, 1.82) is 0 Å². The van der Waals surface area contributed by atoms with Gasteiger partial charge in [0.15, 0.2) is 5.78 Å². The number of Topliss-reactive ketones (excluding diaryl/α,β-unsaturated/α-hetero) is 1. The number of ketones is 1.